The van der Waals surface area contributed by atoms with Crippen LogP contribution in [0.1, 0.15) is 17.0 Å². The number of nitrogens with zero attached hydrogens (tertiary/aromatic N) is 3. The summed E-state index contributed by atoms with van der Waals surface area (Å²) >= 11 is 6.96. The second-order valence-corrected chi connectivity index (χ2v) is 7.89. The van der Waals surface area contributed by atoms with E-state index in [9.17, 15) is 9.18 Å². The Bertz CT molecular complexity index is 1020. The summed E-state index contributed by atoms with van der Waals surface area (Å²) in [6.07, 6.45) is 0. The van der Waals surface area contributed by atoms with Gasteiger partial charge in [-0.2, -0.15) is 0 Å². The van der Waals surface area contributed by atoms with Crippen molar-refractivity contribution in [2.45, 2.75) is 25.6 Å². The molecule has 0 atom stereocenters. The van der Waals surface area contributed by atoms with Crippen LogP contribution < -0.4 is 10.1 Å². The van der Waals surface area contributed by atoms with Crippen LogP contribution in [0.15, 0.2) is 41.6 Å². The summed E-state index contributed by atoms with van der Waals surface area (Å²) in [6, 6.07) is 10.0. The number of aromatic nitrogens is 3. The minimum Gasteiger partial charge on any atom is -0.486 e. The Kier molecular flexibility index (Phi) is 6.76. The number of hydrogen-bond donors (Lipinski definition) is 1. The van der Waals surface area contributed by atoms with Crippen LogP contribution in [0.3, 0.4) is 0 Å². The number of aryl methyl sites for hydroxylation is 2. The molecule has 1 aromatic heterocycles. The summed E-state index contributed by atoms with van der Waals surface area (Å²) in [7, 11) is 1.82. The van der Waals surface area contributed by atoms with Crippen LogP contribution in [-0.2, 0) is 18.4 Å². The van der Waals surface area contributed by atoms with Crippen LogP contribution in [-0.4, -0.2) is 26.4 Å². The molecule has 1 N–H and O–H groups in total. The van der Waals surface area contributed by atoms with Gasteiger partial charge < -0.3 is 14.6 Å². The van der Waals surface area contributed by atoms with Gasteiger partial charge in [0.2, 0.25) is 5.91 Å². The standard InChI is InChI=1S/C20H20ClFN4O2S/c1-12-6-13(2)8-15(7-12)28-10-18-24-25-20(26(18)3)29-11-19(27)23-14-4-5-17(22)16(21)9-14/h4-9H,10-11H2,1-3H3,(H,23,27). The van der Waals surface area contributed by atoms with E-state index in [1.807, 2.05) is 33.0 Å². The molecule has 1 amide bonds. The fraction of sp³-hybridized carbons (Fsp3) is 0.250. The maximum absolute atomic E-state index is 13.2. The van der Waals surface area contributed by atoms with E-state index < -0.39 is 5.82 Å². The summed E-state index contributed by atoms with van der Waals surface area (Å²) in [4.78, 5) is 12.1. The molecule has 6 nitrogen and oxygen atoms in total. The number of rotatable bonds is 7. The summed E-state index contributed by atoms with van der Waals surface area (Å²) in [6.45, 7) is 4.30. The van der Waals surface area contributed by atoms with Crippen LogP contribution in [0.2, 0.25) is 5.02 Å². The van der Waals surface area contributed by atoms with Gasteiger partial charge in [-0.15, -0.1) is 10.2 Å². The SMILES string of the molecule is Cc1cc(C)cc(OCc2nnc(SCC(=O)Nc3ccc(F)c(Cl)c3)n2C)c1. The lowest BCUT2D eigenvalue weighted by molar-refractivity contribution is -0.113. The molecule has 0 bridgehead atoms. The number of anilines is 1. The molecule has 29 heavy (non-hydrogen) atoms. The van der Waals surface area contributed by atoms with Crippen LogP contribution in [0.5, 0.6) is 5.75 Å². The molecule has 0 unspecified atom stereocenters. The zero-order valence-corrected chi connectivity index (χ0v) is 17.8. The Labute approximate surface area is 177 Å². The molecule has 0 aliphatic heterocycles. The molecule has 3 aromatic rings. The van der Waals surface area contributed by atoms with Crippen molar-refractivity contribution in [3.8, 4) is 5.75 Å². The molecule has 9 heteroatoms. The van der Waals surface area contributed by atoms with Gasteiger partial charge >= 0.3 is 0 Å². The van der Waals surface area contributed by atoms with Gasteiger partial charge in [-0.05, 0) is 55.3 Å². The van der Waals surface area contributed by atoms with Gasteiger partial charge in [0.05, 0.1) is 10.8 Å². The van der Waals surface area contributed by atoms with Gasteiger partial charge in [0.25, 0.3) is 0 Å². The van der Waals surface area contributed by atoms with Gasteiger partial charge in [0.15, 0.2) is 11.0 Å². The first-order chi connectivity index (χ1) is 13.8. The molecule has 0 saturated heterocycles. The third kappa shape index (κ3) is 5.71. The number of amides is 1. The van der Waals surface area contributed by atoms with Crippen LogP contribution >= 0.6 is 23.4 Å². The topological polar surface area (TPSA) is 69.0 Å². The van der Waals surface area contributed by atoms with E-state index in [1.54, 1.807) is 4.57 Å². The molecule has 0 aliphatic carbocycles. The number of carbonyl (C=O) groups excluding carboxylic acids is 1. The lowest BCUT2D eigenvalue weighted by atomic mass is 10.1. The van der Waals surface area contributed by atoms with Gasteiger partial charge in [0, 0.05) is 12.7 Å². The van der Waals surface area contributed by atoms with Crippen molar-refractivity contribution in [3.05, 3.63) is 64.2 Å². The number of thioether (sulfide) groups is 1. The van der Waals surface area contributed by atoms with Crippen molar-refractivity contribution in [1.82, 2.24) is 14.8 Å². The fourth-order valence-electron chi connectivity index (χ4n) is 2.66. The second kappa shape index (κ2) is 9.28. The number of halogens is 2. The van der Waals surface area contributed by atoms with E-state index >= 15 is 0 Å². The summed E-state index contributed by atoms with van der Waals surface area (Å²) < 4.78 is 20.8. The van der Waals surface area contributed by atoms with E-state index in [0.29, 0.717) is 16.7 Å². The first-order valence-electron chi connectivity index (χ1n) is 8.79. The molecule has 2 aromatic carbocycles. The van der Waals surface area contributed by atoms with E-state index in [0.717, 1.165) is 16.9 Å². The predicted octanol–water partition coefficient (Wildman–Crippen LogP) is 4.53. The smallest absolute Gasteiger partial charge is 0.234 e. The van der Waals surface area contributed by atoms with E-state index in [4.69, 9.17) is 16.3 Å². The normalized spacial score (nSPS) is 10.8. The molecule has 0 fully saturated rings. The summed E-state index contributed by atoms with van der Waals surface area (Å²) in [5.41, 5.74) is 2.69. The highest BCUT2D eigenvalue weighted by Gasteiger charge is 2.13. The Morgan fingerprint density at radius 2 is 1.93 bits per heavy atom. The molecular weight excluding hydrogens is 415 g/mol. The van der Waals surface area contributed by atoms with Gasteiger partial charge in [-0.1, -0.05) is 29.4 Å². The number of ether oxygens (including phenoxy) is 1. The molecular formula is C20H20ClFN4O2S. The van der Waals surface area contributed by atoms with Gasteiger partial charge in [0.1, 0.15) is 18.2 Å². The quantitative estimate of drug-likeness (QED) is 0.553. The molecule has 0 saturated carbocycles. The van der Waals surface area contributed by atoms with Crippen molar-refractivity contribution in [1.29, 1.82) is 0 Å². The molecule has 0 aliphatic rings. The van der Waals surface area contributed by atoms with Crippen LogP contribution in [0.4, 0.5) is 10.1 Å². The summed E-state index contributed by atoms with van der Waals surface area (Å²) in [5, 5.41) is 11.5. The number of hydrogen-bond acceptors (Lipinski definition) is 5. The average Bonchev–Trinajstić information content (AvgIpc) is 3.00. The predicted molar refractivity (Wildman–Crippen MR) is 112 cm³/mol. The lowest BCUT2D eigenvalue weighted by Crippen LogP contribution is -2.14. The van der Waals surface area contributed by atoms with Crippen molar-refractivity contribution < 1.29 is 13.9 Å². The largest absolute Gasteiger partial charge is 0.486 e. The van der Waals surface area contributed by atoms with E-state index in [2.05, 4.69) is 21.6 Å². The summed E-state index contributed by atoms with van der Waals surface area (Å²) in [5.74, 6) is 0.760. The molecule has 0 radical (unpaired) electrons. The van der Waals surface area contributed by atoms with Crippen LogP contribution in [0.25, 0.3) is 0 Å². The molecule has 0 spiro atoms. The zero-order chi connectivity index (χ0) is 21.0. The lowest BCUT2D eigenvalue weighted by Gasteiger charge is -2.08. The Hall–Kier alpha value is -2.58. The second-order valence-electron chi connectivity index (χ2n) is 6.54. The Morgan fingerprint density at radius 3 is 2.62 bits per heavy atom. The van der Waals surface area contributed by atoms with Crippen molar-refractivity contribution in [2.75, 3.05) is 11.1 Å². The van der Waals surface area contributed by atoms with Crippen LogP contribution in [0, 0.1) is 19.7 Å². The van der Waals surface area contributed by atoms with E-state index in [-0.39, 0.29) is 23.3 Å². The molecule has 1 heterocycles. The first-order valence-corrected chi connectivity index (χ1v) is 10.2. The highest BCUT2D eigenvalue weighted by Crippen LogP contribution is 2.21. The van der Waals surface area contributed by atoms with Crippen molar-refractivity contribution in [2.24, 2.45) is 7.05 Å². The minimum atomic E-state index is -0.534. The Balaban J connectivity index is 1.54. The molecule has 152 valence electrons. The highest BCUT2D eigenvalue weighted by molar-refractivity contribution is 7.99. The van der Waals surface area contributed by atoms with Crippen molar-refractivity contribution >= 4 is 35.0 Å². The van der Waals surface area contributed by atoms with Crippen molar-refractivity contribution in [3.63, 3.8) is 0 Å². The minimum absolute atomic E-state index is 0.0443. The van der Waals surface area contributed by atoms with Gasteiger partial charge in [-0.3, -0.25) is 4.79 Å². The number of benzene rings is 2. The van der Waals surface area contributed by atoms with Gasteiger partial charge in [-0.25, -0.2) is 4.39 Å². The number of nitrogens with one attached hydrogen (secondary N) is 1. The Morgan fingerprint density at radius 1 is 1.21 bits per heavy atom. The average molecular weight is 435 g/mol. The third-order valence-corrected chi connectivity index (χ3v) is 5.33. The maximum atomic E-state index is 13.2. The zero-order valence-electron chi connectivity index (χ0n) is 16.2. The first kappa shape index (κ1) is 21.1. The number of carbonyl (C=O) groups is 1. The molecule has 3 rings (SSSR count). The highest BCUT2D eigenvalue weighted by atomic mass is 35.5. The van der Waals surface area contributed by atoms with E-state index in [1.165, 1.54) is 30.0 Å². The fourth-order valence-corrected chi connectivity index (χ4v) is 3.57. The third-order valence-electron chi connectivity index (χ3n) is 4.02. The monoisotopic (exact) mass is 434 g/mol. The maximum Gasteiger partial charge on any atom is 0.234 e.